The highest BCUT2D eigenvalue weighted by molar-refractivity contribution is 6.32. The van der Waals surface area contributed by atoms with E-state index in [4.69, 9.17) is 11.6 Å². The van der Waals surface area contributed by atoms with Gasteiger partial charge < -0.3 is 5.11 Å². The van der Waals surface area contributed by atoms with Crippen molar-refractivity contribution in [1.82, 2.24) is 13.9 Å². The summed E-state index contributed by atoms with van der Waals surface area (Å²) in [6.45, 7) is 0.0530. The fourth-order valence-electron chi connectivity index (χ4n) is 8.71. The first kappa shape index (κ1) is 30.2. The van der Waals surface area contributed by atoms with Gasteiger partial charge in [0.25, 0.3) is 0 Å². The molecular weight excluding hydrogens is 652 g/mol. The molecular formula is C40H29ClN4O5. The second-order valence-electron chi connectivity index (χ2n) is 13.0. The first-order valence-electron chi connectivity index (χ1n) is 16.4. The lowest BCUT2D eigenvalue weighted by atomic mass is 9.52. The number of nitrogens with zero attached hydrogens (tertiary/aromatic N) is 4. The van der Waals surface area contributed by atoms with Gasteiger partial charge in [-0.15, -0.1) is 0 Å². The van der Waals surface area contributed by atoms with E-state index < -0.39 is 46.5 Å². The van der Waals surface area contributed by atoms with Crippen LogP contribution < -0.4 is 16.3 Å². The monoisotopic (exact) mass is 680 g/mol. The van der Waals surface area contributed by atoms with Crippen LogP contribution in [0.5, 0.6) is 5.75 Å². The summed E-state index contributed by atoms with van der Waals surface area (Å²) in [7, 11) is 0. The number of phenols is 1. The highest BCUT2D eigenvalue weighted by Gasteiger charge is 2.69. The number of hydrogen-bond donors (Lipinski definition) is 1. The molecule has 0 unspecified atom stereocenters. The largest absolute Gasteiger partial charge is 0.508 e. The lowest BCUT2D eigenvalue weighted by Crippen LogP contribution is -2.53. The summed E-state index contributed by atoms with van der Waals surface area (Å²) < 4.78 is 3.98. The van der Waals surface area contributed by atoms with Crippen LogP contribution in [-0.2, 0) is 21.5 Å². The third-order valence-corrected chi connectivity index (χ3v) is 10.9. The summed E-state index contributed by atoms with van der Waals surface area (Å²) in [5.74, 6) is -2.83. The Labute approximate surface area is 290 Å². The Hall–Kier alpha value is -5.93. The summed E-state index contributed by atoms with van der Waals surface area (Å²) in [6.07, 6.45) is 1.95. The van der Waals surface area contributed by atoms with E-state index in [1.807, 2.05) is 72.8 Å². The Morgan fingerprint density at radius 2 is 1.44 bits per heavy atom. The molecule has 9 rings (SSSR count). The molecule has 0 bridgehead atoms. The van der Waals surface area contributed by atoms with Gasteiger partial charge in [0.1, 0.15) is 5.75 Å². The predicted molar refractivity (Wildman–Crippen MR) is 190 cm³/mol. The number of amides is 2. The van der Waals surface area contributed by atoms with Gasteiger partial charge in [0, 0.05) is 16.5 Å². The van der Waals surface area contributed by atoms with Crippen LogP contribution in [0.4, 0.5) is 5.69 Å². The minimum absolute atomic E-state index is 0.0390. The number of imide groups is 1. The van der Waals surface area contributed by atoms with Crippen molar-refractivity contribution in [3.05, 3.63) is 170 Å². The van der Waals surface area contributed by atoms with Crippen LogP contribution in [0.2, 0.25) is 5.02 Å². The van der Waals surface area contributed by atoms with Gasteiger partial charge in [-0.2, -0.15) is 0 Å². The van der Waals surface area contributed by atoms with Gasteiger partial charge in [0.2, 0.25) is 11.8 Å². The molecule has 2 fully saturated rings. The van der Waals surface area contributed by atoms with Gasteiger partial charge in [-0.3, -0.25) is 9.59 Å². The van der Waals surface area contributed by atoms with Crippen LogP contribution >= 0.6 is 11.6 Å². The van der Waals surface area contributed by atoms with E-state index in [1.165, 1.54) is 14.3 Å². The molecule has 5 aromatic carbocycles. The number of halogens is 1. The number of benzene rings is 5. The number of phenolic OH excluding ortho intramolecular Hbond substituents is 1. The minimum Gasteiger partial charge on any atom is -0.508 e. The fourth-order valence-corrected chi connectivity index (χ4v) is 8.89. The van der Waals surface area contributed by atoms with E-state index in [0.29, 0.717) is 38.5 Å². The summed E-state index contributed by atoms with van der Waals surface area (Å²) in [5, 5.41) is 13.8. The Balaban J connectivity index is 1.38. The van der Waals surface area contributed by atoms with Crippen molar-refractivity contribution in [2.75, 3.05) is 4.90 Å². The molecule has 1 aliphatic carbocycles. The molecule has 0 spiro atoms. The smallest absolute Gasteiger partial charge is 0.352 e. The molecule has 3 aliphatic rings. The number of fused-ring (bicyclic) bond motifs is 5. The van der Waals surface area contributed by atoms with Crippen LogP contribution in [0.15, 0.2) is 143 Å². The zero-order valence-corrected chi connectivity index (χ0v) is 27.3. The normalized spacial score (nSPS) is 22.6. The van der Waals surface area contributed by atoms with Crippen LogP contribution in [0.3, 0.4) is 0 Å². The second-order valence-corrected chi connectivity index (χ2v) is 13.5. The molecule has 3 heterocycles. The molecule has 246 valence electrons. The van der Waals surface area contributed by atoms with Gasteiger partial charge in [-0.25, -0.2) is 28.4 Å². The van der Waals surface area contributed by atoms with E-state index in [-0.39, 0.29) is 18.7 Å². The lowest BCUT2D eigenvalue weighted by molar-refractivity contribution is -0.124. The molecule has 6 aromatic rings. The molecule has 9 nitrogen and oxygen atoms in total. The number of allylic oxidation sites excluding steroid dienone is 2. The minimum atomic E-state index is -1.53. The predicted octanol–water partition coefficient (Wildman–Crippen LogP) is 6.11. The molecule has 1 saturated carbocycles. The highest BCUT2D eigenvalue weighted by Crippen LogP contribution is 2.64. The second kappa shape index (κ2) is 11.0. The molecule has 10 heteroatoms. The number of aromatic hydroxyl groups is 1. The Bertz CT molecular complexity index is 2540. The average Bonchev–Trinajstić information content (AvgIpc) is 3.53. The van der Waals surface area contributed by atoms with Gasteiger partial charge in [-0.05, 0) is 64.7 Å². The van der Waals surface area contributed by atoms with E-state index >= 15 is 4.79 Å². The summed E-state index contributed by atoms with van der Waals surface area (Å²) in [6, 6.07) is 34.8. The van der Waals surface area contributed by atoms with Gasteiger partial charge >= 0.3 is 11.4 Å². The number of para-hydroxylation sites is 1. The summed E-state index contributed by atoms with van der Waals surface area (Å²) >= 11 is 6.41. The van der Waals surface area contributed by atoms with Crippen molar-refractivity contribution in [2.24, 2.45) is 5.92 Å². The molecule has 1 N–H and O–H groups in total. The van der Waals surface area contributed by atoms with Gasteiger partial charge in [0.15, 0.2) is 0 Å². The number of anilines is 1. The van der Waals surface area contributed by atoms with Gasteiger partial charge in [-0.1, -0.05) is 103 Å². The number of carbonyl (C=O) groups excluding carboxylic acids is 2. The number of rotatable bonds is 4. The Morgan fingerprint density at radius 1 is 0.740 bits per heavy atom. The van der Waals surface area contributed by atoms with Crippen molar-refractivity contribution in [3.63, 3.8) is 0 Å². The Morgan fingerprint density at radius 3 is 2.20 bits per heavy atom. The molecule has 50 heavy (non-hydrogen) atoms. The average molecular weight is 681 g/mol. The number of hydrogen-bond acceptors (Lipinski definition) is 5. The number of aromatic nitrogens is 3. The van der Waals surface area contributed by atoms with Crippen LogP contribution in [0.25, 0.3) is 16.5 Å². The SMILES string of the molecule is O=C1[C@@H]2C[C@@H]3C(=CCn4c(=O)n(-c5ccccc5)c(=O)n43)[C@H](c3c(O)ccc4ccccc34)[C@]2(c2ccccc2)C(=O)N1c1cccc(Cl)c1. The maximum absolute atomic E-state index is 15.5. The molecule has 4 atom stereocenters. The molecule has 2 amide bonds. The maximum Gasteiger partial charge on any atom is 0.352 e. The van der Waals surface area contributed by atoms with E-state index in [9.17, 15) is 19.5 Å². The van der Waals surface area contributed by atoms with E-state index in [0.717, 1.165) is 9.95 Å². The summed E-state index contributed by atoms with van der Waals surface area (Å²) in [5.41, 5.74) is -0.0507. The fraction of sp³-hybridized carbons (Fsp3) is 0.150. The molecule has 1 saturated heterocycles. The summed E-state index contributed by atoms with van der Waals surface area (Å²) in [4.78, 5) is 59.9. The van der Waals surface area contributed by atoms with E-state index in [2.05, 4.69) is 0 Å². The zero-order valence-electron chi connectivity index (χ0n) is 26.5. The van der Waals surface area contributed by atoms with Gasteiger partial charge in [0.05, 0.1) is 35.3 Å². The van der Waals surface area contributed by atoms with Crippen molar-refractivity contribution >= 4 is 39.9 Å². The van der Waals surface area contributed by atoms with Crippen molar-refractivity contribution in [1.29, 1.82) is 0 Å². The standard InChI is InChI=1S/C40H29ClN4O5/c41-26-13-9-16-28(22-26)43-36(47)31-23-32-30(20-21-42-38(49)44(39(50)45(32)42)27-14-5-2-6-15-27)35(40(31,37(43)48)25-11-3-1-4-12-25)34-29-17-8-7-10-24(29)18-19-33(34)46/h1-20,22,31-32,35,46H,21,23H2/t31-,32+,35+,40+/m0/s1. The van der Waals surface area contributed by atoms with Crippen molar-refractivity contribution in [3.8, 4) is 11.4 Å². The third kappa shape index (κ3) is 4.01. The first-order chi connectivity index (χ1) is 24.3. The molecule has 2 aliphatic heterocycles. The Kier molecular flexibility index (Phi) is 6.66. The lowest BCUT2D eigenvalue weighted by Gasteiger charge is -2.49. The van der Waals surface area contributed by atoms with Crippen LogP contribution in [0, 0.1) is 5.92 Å². The highest BCUT2D eigenvalue weighted by atomic mass is 35.5. The zero-order chi connectivity index (χ0) is 34.3. The molecule has 1 aromatic heterocycles. The van der Waals surface area contributed by atoms with Crippen LogP contribution in [-0.4, -0.2) is 30.9 Å². The van der Waals surface area contributed by atoms with E-state index in [1.54, 1.807) is 54.6 Å². The maximum atomic E-state index is 15.5. The topological polar surface area (TPSA) is 107 Å². The van der Waals surface area contributed by atoms with Crippen LogP contribution in [0.1, 0.15) is 29.5 Å². The first-order valence-corrected chi connectivity index (χ1v) is 16.8. The molecule has 0 radical (unpaired) electrons. The quantitative estimate of drug-likeness (QED) is 0.179. The van der Waals surface area contributed by atoms with Crippen molar-refractivity contribution in [2.45, 2.75) is 30.3 Å². The number of carbonyl (C=O) groups is 2. The van der Waals surface area contributed by atoms with Crippen molar-refractivity contribution < 1.29 is 14.7 Å². The third-order valence-electron chi connectivity index (χ3n) is 10.7.